The average Bonchev–Trinajstić information content (AvgIpc) is 2.89. The molecule has 1 aliphatic heterocycles. The smallest absolute Gasteiger partial charge is 0.409 e. The maximum Gasteiger partial charge on any atom is 0.409 e. The van der Waals surface area contributed by atoms with Crippen molar-refractivity contribution in [2.45, 2.75) is 12.8 Å². The van der Waals surface area contributed by atoms with Gasteiger partial charge in [0.1, 0.15) is 12.4 Å². The highest BCUT2D eigenvalue weighted by molar-refractivity contribution is 9.10. The van der Waals surface area contributed by atoms with Crippen molar-refractivity contribution in [2.24, 2.45) is 4.99 Å². The Morgan fingerprint density at radius 2 is 1.81 bits per heavy atom. The van der Waals surface area contributed by atoms with Crippen LogP contribution in [0.2, 0.25) is 0 Å². The number of amides is 2. The van der Waals surface area contributed by atoms with Gasteiger partial charge in [0.15, 0.2) is 0 Å². The maximum atomic E-state index is 14.7. The number of nitrogens with zero attached hydrogens (tertiary/aromatic N) is 2. The van der Waals surface area contributed by atoms with Gasteiger partial charge < -0.3 is 9.64 Å². The monoisotopic (exact) mass is 495 g/mol. The molecule has 0 saturated carbocycles. The topological polar surface area (TPSA) is 71.0 Å². The second-order valence-corrected chi connectivity index (χ2v) is 8.04. The van der Waals surface area contributed by atoms with E-state index in [4.69, 9.17) is 4.74 Å². The Balaban J connectivity index is 1.69. The third kappa shape index (κ3) is 4.55. The molecule has 162 valence electrons. The van der Waals surface area contributed by atoms with E-state index in [1.54, 1.807) is 43.4 Å². The van der Waals surface area contributed by atoms with Crippen molar-refractivity contribution in [2.75, 3.05) is 11.9 Å². The van der Waals surface area contributed by atoms with Crippen LogP contribution >= 0.6 is 15.9 Å². The summed E-state index contributed by atoms with van der Waals surface area (Å²) in [6, 6.07) is 20.6. The number of hydrogen-bond acceptors (Lipinski definition) is 4. The molecule has 3 aromatic rings. The highest BCUT2D eigenvalue weighted by Gasteiger charge is 2.32. The molecule has 1 N–H and O–H groups in total. The van der Waals surface area contributed by atoms with E-state index in [2.05, 4.69) is 26.2 Å². The summed E-state index contributed by atoms with van der Waals surface area (Å²) >= 11 is 3.43. The van der Waals surface area contributed by atoms with Crippen LogP contribution in [-0.4, -0.2) is 30.9 Å². The first-order valence-corrected chi connectivity index (χ1v) is 10.6. The Kier molecular flexibility index (Phi) is 6.32. The van der Waals surface area contributed by atoms with Gasteiger partial charge in [0.25, 0.3) is 5.91 Å². The van der Waals surface area contributed by atoms with Gasteiger partial charge in [-0.25, -0.2) is 14.2 Å². The zero-order valence-corrected chi connectivity index (χ0v) is 18.7. The van der Waals surface area contributed by atoms with Gasteiger partial charge in [-0.1, -0.05) is 58.4 Å². The summed E-state index contributed by atoms with van der Waals surface area (Å²) in [5.41, 5.74) is 2.38. The molecule has 0 radical (unpaired) electrons. The van der Waals surface area contributed by atoms with Gasteiger partial charge in [0, 0.05) is 22.6 Å². The van der Waals surface area contributed by atoms with Crippen LogP contribution in [0.1, 0.15) is 16.7 Å². The van der Waals surface area contributed by atoms with Crippen LogP contribution in [0.15, 0.2) is 82.3 Å². The number of fused-ring (bicyclic) bond motifs is 1. The van der Waals surface area contributed by atoms with Crippen LogP contribution in [-0.2, 0) is 16.1 Å². The quantitative estimate of drug-likeness (QED) is 0.572. The number of nitrogens with one attached hydrogen (secondary N) is 1. The molecule has 0 spiro atoms. The van der Waals surface area contributed by atoms with Crippen LogP contribution in [0.3, 0.4) is 0 Å². The molecule has 0 fully saturated rings. The minimum absolute atomic E-state index is 0.0421. The fourth-order valence-electron chi connectivity index (χ4n) is 3.38. The lowest BCUT2D eigenvalue weighted by Gasteiger charge is -2.21. The van der Waals surface area contributed by atoms with Gasteiger partial charge in [0.2, 0.25) is 6.17 Å². The van der Waals surface area contributed by atoms with Gasteiger partial charge in [-0.15, -0.1) is 0 Å². The molecular weight excluding hydrogens is 477 g/mol. The molecule has 32 heavy (non-hydrogen) atoms. The summed E-state index contributed by atoms with van der Waals surface area (Å²) in [4.78, 5) is 31.4. The maximum absolute atomic E-state index is 14.7. The molecule has 4 rings (SSSR count). The fourth-order valence-corrected chi connectivity index (χ4v) is 3.75. The summed E-state index contributed by atoms with van der Waals surface area (Å²) < 4.78 is 20.7. The summed E-state index contributed by atoms with van der Waals surface area (Å²) in [6.07, 6.45) is -2.09. The van der Waals surface area contributed by atoms with E-state index in [0.717, 1.165) is 10.0 Å². The van der Waals surface area contributed by atoms with E-state index < -0.39 is 24.0 Å². The number of alkyl carbamates (subject to hydrolysis) is 1. The Morgan fingerprint density at radius 1 is 1.09 bits per heavy atom. The lowest BCUT2D eigenvalue weighted by molar-refractivity contribution is -0.120. The van der Waals surface area contributed by atoms with E-state index in [9.17, 15) is 14.0 Å². The molecule has 0 aliphatic carbocycles. The number of benzene rings is 3. The third-order valence-corrected chi connectivity index (χ3v) is 5.49. The Morgan fingerprint density at radius 3 is 2.56 bits per heavy atom. The predicted molar refractivity (Wildman–Crippen MR) is 123 cm³/mol. The van der Waals surface area contributed by atoms with E-state index in [0.29, 0.717) is 11.3 Å². The third-order valence-electron chi connectivity index (χ3n) is 4.99. The van der Waals surface area contributed by atoms with Crippen molar-refractivity contribution in [3.8, 4) is 0 Å². The second-order valence-electron chi connectivity index (χ2n) is 7.12. The van der Waals surface area contributed by atoms with Gasteiger partial charge in [0.05, 0.1) is 11.4 Å². The second kappa shape index (κ2) is 9.32. The van der Waals surface area contributed by atoms with Crippen LogP contribution in [0.25, 0.3) is 0 Å². The molecule has 1 unspecified atom stereocenters. The molecular formula is C24H19BrFN3O3. The number of rotatable bonds is 4. The van der Waals surface area contributed by atoms with Gasteiger partial charge in [-0.3, -0.25) is 10.1 Å². The number of carbonyl (C=O) groups is 2. The molecule has 8 heteroatoms. The van der Waals surface area contributed by atoms with Crippen molar-refractivity contribution in [1.82, 2.24) is 5.32 Å². The minimum atomic E-state index is -1.29. The molecule has 1 aliphatic rings. The van der Waals surface area contributed by atoms with Crippen LogP contribution < -0.4 is 10.2 Å². The number of ether oxygens (including phenoxy) is 1. The lowest BCUT2D eigenvalue weighted by Crippen LogP contribution is -2.46. The van der Waals surface area contributed by atoms with Crippen molar-refractivity contribution in [3.05, 3.63) is 99.8 Å². The van der Waals surface area contributed by atoms with Crippen molar-refractivity contribution in [3.63, 3.8) is 0 Å². The zero-order valence-electron chi connectivity index (χ0n) is 17.1. The van der Waals surface area contributed by atoms with Gasteiger partial charge in [-0.05, 0) is 35.9 Å². The van der Waals surface area contributed by atoms with Gasteiger partial charge in [-0.2, -0.15) is 0 Å². The highest BCUT2D eigenvalue weighted by atomic mass is 79.9. The zero-order chi connectivity index (χ0) is 22.7. The first-order chi connectivity index (χ1) is 15.4. The molecule has 2 amide bonds. The molecule has 1 atom stereocenters. The van der Waals surface area contributed by atoms with E-state index in [1.807, 2.05) is 30.3 Å². The number of hydrogen-bond donors (Lipinski definition) is 1. The van der Waals surface area contributed by atoms with Crippen molar-refractivity contribution >= 4 is 39.3 Å². The fraction of sp³-hybridized carbons (Fsp3) is 0.125. The summed E-state index contributed by atoms with van der Waals surface area (Å²) in [7, 11) is 1.58. The Labute approximate surface area is 192 Å². The lowest BCUT2D eigenvalue weighted by atomic mass is 10.00. The standard InChI is InChI=1S/C24H19BrFN3O3/c1-29-20-12-11-16(25)13-18(20)21(17-9-5-6-10-19(17)26)27-22(23(29)30)28-24(31)32-14-15-7-3-2-4-8-15/h2-13,22H,14H2,1H3,(H,28,31). The highest BCUT2D eigenvalue weighted by Crippen LogP contribution is 2.30. The molecule has 1 heterocycles. The molecule has 0 aromatic heterocycles. The summed E-state index contributed by atoms with van der Waals surface area (Å²) in [6.45, 7) is 0.0421. The number of anilines is 1. The van der Waals surface area contributed by atoms with Crippen molar-refractivity contribution in [1.29, 1.82) is 0 Å². The molecule has 0 saturated heterocycles. The summed E-state index contributed by atoms with van der Waals surface area (Å²) in [5, 5.41) is 2.50. The molecule has 3 aromatic carbocycles. The van der Waals surface area contributed by atoms with Crippen LogP contribution in [0.4, 0.5) is 14.9 Å². The first kappa shape index (κ1) is 21.7. The first-order valence-electron chi connectivity index (χ1n) is 9.81. The number of halogens is 2. The van der Waals surface area contributed by atoms with Crippen molar-refractivity contribution < 1.29 is 18.7 Å². The van der Waals surface area contributed by atoms with E-state index in [1.165, 1.54) is 11.0 Å². The van der Waals surface area contributed by atoms with E-state index >= 15 is 0 Å². The Hall–Kier alpha value is -3.52. The molecule has 0 bridgehead atoms. The Bertz CT molecular complexity index is 1200. The minimum Gasteiger partial charge on any atom is -0.445 e. The van der Waals surface area contributed by atoms with Crippen LogP contribution in [0, 0.1) is 5.82 Å². The normalized spacial score (nSPS) is 15.5. The number of aliphatic imine (C=N–C) groups is 1. The number of benzodiazepines with no additional fused rings is 1. The number of likely N-dealkylation sites (N-methyl/N-ethyl adjacent to an activating group) is 1. The van der Waals surface area contributed by atoms with E-state index in [-0.39, 0.29) is 17.9 Å². The SMILES string of the molecule is CN1C(=O)C(NC(=O)OCc2ccccc2)N=C(c2ccccc2F)c2cc(Br)ccc21. The van der Waals surface area contributed by atoms with Crippen LogP contribution in [0.5, 0.6) is 0 Å². The van der Waals surface area contributed by atoms with Gasteiger partial charge >= 0.3 is 6.09 Å². The molecule has 6 nitrogen and oxygen atoms in total. The predicted octanol–water partition coefficient (Wildman–Crippen LogP) is 4.65. The average molecular weight is 496 g/mol. The summed E-state index contributed by atoms with van der Waals surface area (Å²) in [5.74, 6) is -0.962. The number of carbonyl (C=O) groups excluding carboxylic acids is 2. The largest absolute Gasteiger partial charge is 0.445 e.